The van der Waals surface area contributed by atoms with Gasteiger partial charge in [-0.15, -0.1) is 0 Å². The minimum Gasteiger partial charge on any atom is -0.492 e. The number of halogens is 2. The molecular weight excluding hydrogens is 552 g/mol. The van der Waals surface area contributed by atoms with E-state index in [0.29, 0.717) is 18.8 Å². The molecule has 0 spiro atoms. The van der Waals surface area contributed by atoms with Gasteiger partial charge in [0.2, 0.25) is 15.9 Å². The van der Waals surface area contributed by atoms with E-state index in [-0.39, 0.29) is 35.0 Å². The summed E-state index contributed by atoms with van der Waals surface area (Å²) in [4.78, 5) is 15.3. The molecule has 3 aromatic carbocycles. The first-order valence-corrected chi connectivity index (χ1v) is 13.9. The third-order valence-corrected chi connectivity index (χ3v) is 8.46. The maximum absolute atomic E-state index is 13.7. The zero-order valence-corrected chi connectivity index (χ0v) is 22.6. The molecule has 4 rings (SSSR count). The highest BCUT2D eigenvalue weighted by molar-refractivity contribution is 9.10. The van der Waals surface area contributed by atoms with Crippen LogP contribution in [0.3, 0.4) is 0 Å². The second kappa shape index (κ2) is 10.7. The lowest BCUT2D eigenvalue weighted by atomic mass is 10.1. The van der Waals surface area contributed by atoms with Gasteiger partial charge in [0, 0.05) is 22.7 Å². The van der Waals surface area contributed by atoms with E-state index in [1.54, 1.807) is 4.90 Å². The second-order valence-electron chi connectivity index (χ2n) is 8.37. The fraction of sp³-hybridized carbons (Fsp3) is 0.269. The first-order chi connectivity index (χ1) is 16.7. The molecule has 0 radical (unpaired) electrons. The summed E-state index contributed by atoms with van der Waals surface area (Å²) in [6.07, 6.45) is 0.709. The minimum absolute atomic E-state index is 0.00786. The van der Waals surface area contributed by atoms with Crippen LogP contribution in [0.4, 0.5) is 5.69 Å². The third kappa shape index (κ3) is 5.56. The van der Waals surface area contributed by atoms with E-state index in [1.165, 1.54) is 22.5 Å². The zero-order valence-electron chi connectivity index (χ0n) is 19.4. The molecule has 0 fully saturated rings. The van der Waals surface area contributed by atoms with Crippen LogP contribution in [0.25, 0.3) is 0 Å². The van der Waals surface area contributed by atoms with Gasteiger partial charge in [0.1, 0.15) is 5.75 Å². The molecule has 0 aromatic heterocycles. The number of hydrogen-bond donors (Lipinski definition) is 0. The molecule has 3 aromatic rings. The summed E-state index contributed by atoms with van der Waals surface area (Å²) in [5, 5.41) is 0.201. The molecule has 1 aliphatic rings. The lowest BCUT2D eigenvalue weighted by Crippen LogP contribution is -2.44. The van der Waals surface area contributed by atoms with Crippen molar-refractivity contribution in [2.24, 2.45) is 0 Å². The second-order valence-corrected chi connectivity index (χ2v) is 11.6. The van der Waals surface area contributed by atoms with Crippen molar-refractivity contribution in [2.75, 3.05) is 18.1 Å². The van der Waals surface area contributed by atoms with Crippen molar-refractivity contribution >= 4 is 49.1 Å². The predicted octanol–water partition coefficient (Wildman–Crippen LogP) is 5.67. The molecule has 35 heavy (non-hydrogen) atoms. The largest absolute Gasteiger partial charge is 0.492 e. The van der Waals surface area contributed by atoms with Gasteiger partial charge >= 0.3 is 0 Å². The molecule has 0 bridgehead atoms. The number of fused-ring (bicyclic) bond motifs is 1. The average molecular weight is 578 g/mol. The van der Waals surface area contributed by atoms with Crippen LogP contribution >= 0.6 is 27.5 Å². The maximum Gasteiger partial charge on any atom is 0.243 e. The molecule has 1 amide bonds. The van der Waals surface area contributed by atoms with Gasteiger partial charge in [0.25, 0.3) is 0 Å². The number of rotatable bonds is 8. The lowest BCUT2D eigenvalue weighted by molar-refractivity contribution is -0.119. The van der Waals surface area contributed by atoms with Crippen molar-refractivity contribution in [3.63, 3.8) is 0 Å². The van der Waals surface area contributed by atoms with Crippen LogP contribution in [0.5, 0.6) is 5.75 Å². The van der Waals surface area contributed by atoms with Crippen molar-refractivity contribution in [2.45, 2.75) is 37.8 Å². The Bertz CT molecular complexity index is 1330. The number of carbonyl (C=O) groups is 1. The fourth-order valence-corrected chi connectivity index (χ4v) is 6.40. The fourth-order valence-electron chi connectivity index (χ4n) is 4.28. The summed E-state index contributed by atoms with van der Waals surface area (Å²) in [7, 11) is -4.04. The average Bonchev–Trinajstić information content (AvgIpc) is 3.15. The summed E-state index contributed by atoms with van der Waals surface area (Å²) in [6, 6.07) is 19.3. The van der Waals surface area contributed by atoms with Gasteiger partial charge in [-0.25, -0.2) is 8.42 Å². The Morgan fingerprint density at radius 1 is 1.14 bits per heavy atom. The number of sulfonamides is 1. The molecule has 6 nitrogen and oxygen atoms in total. The molecule has 184 valence electrons. The summed E-state index contributed by atoms with van der Waals surface area (Å²) < 4.78 is 35.1. The van der Waals surface area contributed by atoms with Crippen LogP contribution in [-0.4, -0.2) is 37.8 Å². The maximum atomic E-state index is 13.7. The zero-order chi connectivity index (χ0) is 25.2. The van der Waals surface area contributed by atoms with Crippen LogP contribution in [0, 0.1) is 0 Å². The molecule has 0 saturated carbocycles. The van der Waals surface area contributed by atoms with E-state index in [2.05, 4.69) is 15.9 Å². The van der Waals surface area contributed by atoms with E-state index in [1.807, 2.05) is 62.4 Å². The summed E-state index contributed by atoms with van der Waals surface area (Å²) >= 11 is 9.77. The van der Waals surface area contributed by atoms with Crippen LogP contribution in [0.15, 0.2) is 76.1 Å². The Kier molecular flexibility index (Phi) is 7.86. The van der Waals surface area contributed by atoms with Gasteiger partial charge in [-0.1, -0.05) is 57.9 Å². The lowest BCUT2D eigenvalue weighted by Gasteiger charge is -2.28. The van der Waals surface area contributed by atoms with E-state index in [0.717, 1.165) is 21.3 Å². The highest BCUT2D eigenvalue weighted by atomic mass is 79.9. The van der Waals surface area contributed by atoms with Crippen LogP contribution in [0.1, 0.15) is 25.0 Å². The number of hydrogen-bond acceptors (Lipinski definition) is 4. The van der Waals surface area contributed by atoms with Gasteiger partial charge < -0.3 is 9.64 Å². The normalized spacial score (nSPS) is 15.3. The number of benzene rings is 3. The van der Waals surface area contributed by atoms with Gasteiger partial charge in [-0.3, -0.25) is 4.79 Å². The molecule has 1 aliphatic heterocycles. The number of amides is 1. The Morgan fingerprint density at radius 2 is 1.89 bits per heavy atom. The standard InChI is InChI=1S/C26H26BrClN2O4S/c1-3-34-25-12-10-22(15-23(25)28)35(32,33)29(16-19-7-5-4-6-8-19)17-26(31)30-18(2)13-20-14-21(27)9-11-24(20)30/h4-12,14-15,18H,3,13,16-17H2,1-2H3/t18-/m0/s1. The number of anilines is 1. The quantitative estimate of drug-likeness (QED) is 0.346. The Labute approximate surface area is 219 Å². The van der Waals surface area contributed by atoms with Crippen molar-refractivity contribution in [3.05, 3.63) is 87.4 Å². The molecule has 1 heterocycles. The van der Waals surface area contributed by atoms with Gasteiger partial charge in [-0.05, 0) is 67.8 Å². The molecule has 0 unspecified atom stereocenters. The number of ether oxygens (including phenoxy) is 1. The SMILES string of the molecule is CCOc1ccc(S(=O)(=O)N(CC(=O)N2c3ccc(Br)cc3C[C@@H]2C)Cc2ccccc2)cc1Cl. The van der Waals surface area contributed by atoms with Crippen molar-refractivity contribution in [1.29, 1.82) is 0 Å². The smallest absolute Gasteiger partial charge is 0.243 e. The van der Waals surface area contributed by atoms with E-state index in [4.69, 9.17) is 16.3 Å². The third-order valence-electron chi connectivity index (χ3n) is 5.88. The Balaban J connectivity index is 1.67. The predicted molar refractivity (Wildman–Crippen MR) is 141 cm³/mol. The van der Waals surface area contributed by atoms with Crippen molar-refractivity contribution < 1.29 is 17.9 Å². The number of nitrogens with zero attached hydrogens (tertiary/aromatic N) is 2. The first-order valence-electron chi connectivity index (χ1n) is 11.3. The molecular formula is C26H26BrClN2O4S. The van der Waals surface area contributed by atoms with Crippen molar-refractivity contribution in [1.82, 2.24) is 4.31 Å². The van der Waals surface area contributed by atoms with E-state index in [9.17, 15) is 13.2 Å². The highest BCUT2D eigenvalue weighted by Gasteiger charge is 2.35. The Hall–Kier alpha value is -2.39. The summed E-state index contributed by atoms with van der Waals surface area (Å²) in [6.45, 7) is 3.95. The van der Waals surface area contributed by atoms with Crippen molar-refractivity contribution in [3.8, 4) is 5.75 Å². The van der Waals surface area contributed by atoms with Gasteiger partial charge in [0.05, 0.1) is 23.1 Å². The number of carbonyl (C=O) groups excluding carboxylic acids is 1. The first kappa shape index (κ1) is 25.7. The van der Waals surface area contributed by atoms with E-state index >= 15 is 0 Å². The summed E-state index contributed by atoms with van der Waals surface area (Å²) in [5.74, 6) is 0.127. The van der Waals surface area contributed by atoms with Gasteiger partial charge in [0.15, 0.2) is 0 Å². The van der Waals surface area contributed by atoms with E-state index < -0.39 is 10.0 Å². The van der Waals surface area contributed by atoms with Gasteiger partial charge in [-0.2, -0.15) is 4.31 Å². The highest BCUT2D eigenvalue weighted by Crippen LogP contribution is 2.35. The van der Waals surface area contributed by atoms with Crippen LogP contribution < -0.4 is 9.64 Å². The van der Waals surface area contributed by atoms with Crippen LogP contribution in [0.2, 0.25) is 5.02 Å². The topological polar surface area (TPSA) is 66.9 Å². The molecule has 0 saturated heterocycles. The van der Waals surface area contributed by atoms with Crippen LogP contribution in [-0.2, 0) is 27.8 Å². The molecule has 0 N–H and O–H groups in total. The Morgan fingerprint density at radius 3 is 2.57 bits per heavy atom. The monoisotopic (exact) mass is 576 g/mol. The molecule has 1 atom stereocenters. The molecule has 9 heteroatoms. The molecule has 0 aliphatic carbocycles. The summed E-state index contributed by atoms with van der Waals surface area (Å²) in [5.41, 5.74) is 2.64. The minimum atomic E-state index is -4.04.